The number of aliphatic hydroxyl groups is 1. The molecule has 1 aliphatic heterocycles. The first-order valence-corrected chi connectivity index (χ1v) is 9.33. The number of hydrogen-bond donors (Lipinski definition) is 3. The Kier molecular flexibility index (Phi) is 9.42. The van der Waals surface area contributed by atoms with Crippen molar-refractivity contribution in [1.82, 2.24) is 15.5 Å². The average Bonchev–Trinajstić information content (AvgIpc) is 2.59. The molecular formula is C18H37IN4O2. The maximum atomic E-state index is 10.3. The summed E-state index contributed by atoms with van der Waals surface area (Å²) in [6.45, 7) is 11.8. The summed E-state index contributed by atoms with van der Waals surface area (Å²) in [6.07, 6.45) is 4.09. The van der Waals surface area contributed by atoms with Crippen LogP contribution in [-0.4, -0.2) is 74.0 Å². The normalized spacial score (nSPS) is 29.0. The molecule has 7 heteroatoms. The van der Waals surface area contributed by atoms with E-state index in [1.165, 1.54) is 6.42 Å². The highest BCUT2D eigenvalue weighted by Gasteiger charge is 2.35. The maximum Gasteiger partial charge on any atom is 0.191 e. The fourth-order valence-electron chi connectivity index (χ4n) is 3.67. The van der Waals surface area contributed by atoms with Crippen LogP contribution < -0.4 is 10.6 Å². The first-order chi connectivity index (χ1) is 11.4. The Morgan fingerprint density at radius 3 is 2.56 bits per heavy atom. The minimum absolute atomic E-state index is 0. The molecular weight excluding hydrogens is 431 g/mol. The number of nitrogens with zero attached hydrogens (tertiary/aromatic N) is 2. The van der Waals surface area contributed by atoms with Gasteiger partial charge < -0.3 is 20.5 Å². The lowest BCUT2D eigenvalue weighted by molar-refractivity contribution is -0.00851. The quantitative estimate of drug-likeness (QED) is 0.326. The van der Waals surface area contributed by atoms with Crippen molar-refractivity contribution in [3.63, 3.8) is 0 Å². The number of halogens is 1. The molecule has 0 aromatic carbocycles. The molecule has 2 atom stereocenters. The molecule has 0 bridgehead atoms. The van der Waals surface area contributed by atoms with Gasteiger partial charge in [0.05, 0.1) is 19.3 Å². The number of guanidine groups is 1. The minimum Gasteiger partial charge on any atom is -0.392 e. The molecule has 0 spiro atoms. The van der Waals surface area contributed by atoms with Gasteiger partial charge in [0.2, 0.25) is 0 Å². The van der Waals surface area contributed by atoms with E-state index in [0.29, 0.717) is 0 Å². The number of nitrogens with one attached hydrogen (secondary N) is 2. The molecule has 0 aromatic heterocycles. The largest absolute Gasteiger partial charge is 0.392 e. The third-order valence-electron chi connectivity index (χ3n) is 5.72. The van der Waals surface area contributed by atoms with Gasteiger partial charge in [0.25, 0.3) is 0 Å². The van der Waals surface area contributed by atoms with Crippen molar-refractivity contribution in [2.45, 2.75) is 58.1 Å². The summed E-state index contributed by atoms with van der Waals surface area (Å²) >= 11 is 0. The summed E-state index contributed by atoms with van der Waals surface area (Å²) in [6, 6.07) is 0. The molecule has 0 amide bonds. The molecule has 2 unspecified atom stereocenters. The van der Waals surface area contributed by atoms with Crippen LogP contribution in [0.5, 0.6) is 0 Å². The van der Waals surface area contributed by atoms with E-state index in [0.717, 1.165) is 64.6 Å². The van der Waals surface area contributed by atoms with Crippen molar-refractivity contribution in [2.24, 2.45) is 10.4 Å². The number of aliphatic imine (C=N–C) groups is 1. The molecule has 2 aliphatic rings. The summed E-state index contributed by atoms with van der Waals surface area (Å²) in [5, 5.41) is 17.2. The molecule has 1 saturated heterocycles. The van der Waals surface area contributed by atoms with Crippen LogP contribution in [0.4, 0.5) is 0 Å². The average molecular weight is 468 g/mol. The molecule has 2 rings (SSSR count). The fraction of sp³-hybridized carbons (Fsp3) is 0.944. The molecule has 1 saturated carbocycles. The minimum atomic E-state index is -0.221. The van der Waals surface area contributed by atoms with Gasteiger partial charge >= 0.3 is 0 Å². The van der Waals surface area contributed by atoms with Crippen LogP contribution >= 0.6 is 24.0 Å². The van der Waals surface area contributed by atoms with Crippen molar-refractivity contribution < 1.29 is 9.84 Å². The predicted octanol–water partition coefficient (Wildman–Crippen LogP) is 1.82. The van der Waals surface area contributed by atoms with Crippen molar-refractivity contribution in [1.29, 1.82) is 0 Å². The van der Waals surface area contributed by atoms with Crippen molar-refractivity contribution in [3.05, 3.63) is 0 Å². The van der Waals surface area contributed by atoms with Crippen molar-refractivity contribution >= 4 is 29.9 Å². The lowest BCUT2D eigenvalue weighted by Crippen LogP contribution is -2.57. The van der Waals surface area contributed by atoms with E-state index in [9.17, 15) is 5.11 Å². The fourth-order valence-corrected chi connectivity index (χ4v) is 3.67. The van der Waals surface area contributed by atoms with E-state index in [4.69, 9.17) is 4.74 Å². The van der Waals surface area contributed by atoms with Gasteiger partial charge in [-0.15, -0.1) is 24.0 Å². The Morgan fingerprint density at radius 2 is 1.96 bits per heavy atom. The summed E-state index contributed by atoms with van der Waals surface area (Å²) in [4.78, 5) is 6.81. The number of morpholine rings is 1. The second-order valence-electron chi connectivity index (χ2n) is 8.11. The Labute approximate surface area is 170 Å². The Hall–Kier alpha value is -0.120. The Balaban J connectivity index is 0.00000312. The first kappa shape index (κ1) is 22.9. The number of hydrogen-bond acceptors (Lipinski definition) is 4. The summed E-state index contributed by atoms with van der Waals surface area (Å²) < 4.78 is 5.45. The molecule has 0 radical (unpaired) electrons. The van der Waals surface area contributed by atoms with Crippen LogP contribution in [0, 0.1) is 5.41 Å². The molecule has 1 heterocycles. The summed E-state index contributed by atoms with van der Waals surface area (Å²) in [7, 11) is 1.80. The van der Waals surface area contributed by atoms with Crippen molar-refractivity contribution in [3.8, 4) is 0 Å². The first-order valence-electron chi connectivity index (χ1n) is 9.33. The predicted molar refractivity (Wildman–Crippen MR) is 114 cm³/mol. The standard InChI is InChI=1S/C18H36N4O2.HI/c1-17(2,22-9-11-24-12-10-22)13-20-16(19-4)21-14-18(3)8-6-5-7-15(18)23;/h15,23H,5-14H2,1-4H3,(H2,19,20,21);1H. The van der Waals surface area contributed by atoms with Crippen LogP contribution in [0.15, 0.2) is 4.99 Å². The van der Waals surface area contributed by atoms with Gasteiger partial charge in [-0.05, 0) is 26.7 Å². The topological polar surface area (TPSA) is 69.1 Å². The van der Waals surface area contributed by atoms with Crippen molar-refractivity contribution in [2.75, 3.05) is 46.4 Å². The molecule has 0 aromatic rings. The van der Waals surface area contributed by atoms with E-state index in [-0.39, 0.29) is 41.0 Å². The zero-order chi connectivity index (χ0) is 17.6. The zero-order valence-corrected chi connectivity index (χ0v) is 18.6. The van der Waals surface area contributed by atoms with Gasteiger partial charge in [-0.3, -0.25) is 9.89 Å². The SMILES string of the molecule is CN=C(NCC1(C)CCCCC1O)NCC(C)(C)N1CCOCC1.I. The van der Waals surface area contributed by atoms with E-state index >= 15 is 0 Å². The zero-order valence-electron chi connectivity index (χ0n) is 16.3. The van der Waals surface area contributed by atoms with E-state index < -0.39 is 0 Å². The van der Waals surface area contributed by atoms with Gasteiger partial charge in [0.15, 0.2) is 5.96 Å². The molecule has 1 aliphatic carbocycles. The molecule has 25 heavy (non-hydrogen) atoms. The highest BCUT2D eigenvalue weighted by Crippen LogP contribution is 2.35. The van der Waals surface area contributed by atoms with Crippen LogP contribution in [0.3, 0.4) is 0 Å². The van der Waals surface area contributed by atoms with E-state index in [2.05, 4.69) is 41.3 Å². The van der Waals surface area contributed by atoms with Crippen LogP contribution in [-0.2, 0) is 4.74 Å². The monoisotopic (exact) mass is 468 g/mol. The second-order valence-corrected chi connectivity index (χ2v) is 8.11. The molecule has 148 valence electrons. The van der Waals surface area contributed by atoms with E-state index in [1.54, 1.807) is 7.05 Å². The van der Waals surface area contributed by atoms with E-state index in [1.807, 2.05) is 0 Å². The van der Waals surface area contributed by atoms with Crippen LogP contribution in [0.2, 0.25) is 0 Å². The Morgan fingerprint density at radius 1 is 1.28 bits per heavy atom. The highest BCUT2D eigenvalue weighted by atomic mass is 127. The lowest BCUT2D eigenvalue weighted by Gasteiger charge is -2.41. The molecule has 2 fully saturated rings. The second kappa shape index (κ2) is 10.3. The smallest absolute Gasteiger partial charge is 0.191 e. The van der Waals surface area contributed by atoms with Gasteiger partial charge in [-0.25, -0.2) is 0 Å². The highest BCUT2D eigenvalue weighted by molar-refractivity contribution is 14.0. The lowest BCUT2D eigenvalue weighted by atomic mass is 9.73. The maximum absolute atomic E-state index is 10.3. The third kappa shape index (κ3) is 6.52. The van der Waals surface area contributed by atoms with Gasteiger partial charge in [-0.1, -0.05) is 19.8 Å². The summed E-state index contributed by atoms with van der Waals surface area (Å²) in [5.74, 6) is 0.815. The van der Waals surface area contributed by atoms with Gasteiger partial charge in [0.1, 0.15) is 0 Å². The third-order valence-corrected chi connectivity index (χ3v) is 5.72. The number of ether oxygens (including phenoxy) is 1. The van der Waals surface area contributed by atoms with Gasteiger partial charge in [0, 0.05) is 44.2 Å². The molecule has 3 N–H and O–H groups in total. The number of rotatable bonds is 5. The molecule has 6 nitrogen and oxygen atoms in total. The van der Waals surface area contributed by atoms with Gasteiger partial charge in [-0.2, -0.15) is 0 Å². The van der Waals surface area contributed by atoms with Crippen LogP contribution in [0.1, 0.15) is 46.5 Å². The summed E-state index contributed by atoms with van der Waals surface area (Å²) in [5.41, 5.74) is -0.00868. The Bertz CT molecular complexity index is 427. The van der Waals surface area contributed by atoms with Crippen LogP contribution in [0.25, 0.3) is 0 Å². The number of aliphatic hydroxyl groups excluding tert-OH is 1.